The highest BCUT2D eigenvalue weighted by Gasteiger charge is 2.42. The van der Waals surface area contributed by atoms with Gasteiger partial charge in [-0.2, -0.15) is 10.4 Å². The van der Waals surface area contributed by atoms with Gasteiger partial charge in [0.05, 0.1) is 23.3 Å². The number of nitrogens with zero attached hydrogens (tertiary/aromatic N) is 2. The summed E-state index contributed by atoms with van der Waals surface area (Å²) < 4.78 is 0. The molecule has 1 fully saturated rings. The van der Waals surface area contributed by atoms with Gasteiger partial charge < -0.3 is 20.6 Å². The van der Waals surface area contributed by atoms with Gasteiger partial charge in [0.15, 0.2) is 11.4 Å². The van der Waals surface area contributed by atoms with Crippen LogP contribution in [0.25, 0.3) is 0 Å². The number of rotatable bonds is 8. The number of quaternary nitrogens is 1. The Morgan fingerprint density at radius 2 is 1.76 bits per heavy atom. The van der Waals surface area contributed by atoms with E-state index in [1.54, 1.807) is 31.2 Å². The fourth-order valence-electron chi connectivity index (χ4n) is 4.97. The number of nitrogens with two attached hydrogens (primary N) is 1. The summed E-state index contributed by atoms with van der Waals surface area (Å²) in [7, 11) is 3.20. The highest BCUT2D eigenvalue weighted by atomic mass is 16.3. The number of para-hydroxylation sites is 1. The molecule has 1 heterocycles. The molecule has 0 bridgehead atoms. The summed E-state index contributed by atoms with van der Waals surface area (Å²) in [5.41, 5.74) is 2.91. The Morgan fingerprint density at radius 1 is 1.05 bits per heavy atom. The minimum atomic E-state index is -0.369. The first-order valence-electron chi connectivity index (χ1n) is 12.9. The molecule has 2 aliphatic rings. The van der Waals surface area contributed by atoms with E-state index in [-0.39, 0.29) is 58.2 Å². The number of amides is 3. The van der Waals surface area contributed by atoms with Crippen molar-refractivity contribution in [3.05, 3.63) is 71.1 Å². The molecule has 1 aliphatic carbocycles. The zero-order chi connectivity index (χ0) is 26.5. The van der Waals surface area contributed by atoms with Gasteiger partial charge in [-0.15, -0.1) is 0 Å². The first kappa shape index (κ1) is 26.2. The number of carbonyl (C=O) groups excluding carboxylic acids is 3. The lowest BCUT2D eigenvalue weighted by molar-refractivity contribution is -0.716. The van der Waals surface area contributed by atoms with Crippen LogP contribution >= 0.6 is 0 Å². The molecular formula is C28H36N5O4+. The van der Waals surface area contributed by atoms with Crippen LogP contribution in [-0.2, 0) is 9.59 Å². The van der Waals surface area contributed by atoms with Gasteiger partial charge in [0.25, 0.3) is 5.91 Å². The third-order valence-corrected chi connectivity index (χ3v) is 7.03. The zero-order valence-corrected chi connectivity index (χ0v) is 21.7. The lowest BCUT2D eigenvalue weighted by atomic mass is 9.94. The molecule has 1 saturated carbocycles. The fraction of sp³-hybridized carbons (Fsp3) is 0.393. The summed E-state index contributed by atoms with van der Waals surface area (Å²) in [6.07, 6.45) is 5.50. The van der Waals surface area contributed by atoms with Crippen LogP contribution in [0.5, 0.6) is 5.75 Å². The molecule has 37 heavy (non-hydrogen) atoms. The van der Waals surface area contributed by atoms with E-state index in [2.05, 4.69) is 10.6 Å². The Labute approximate surface area is 217 Å². The predicted octanol–water partition coefficient (Wildman–Crippen LogP) is 2.64. The number of primary amides is 1. The first-order valence-corrected chi connectivity index (χ1v) is 12.9. The number of hydrogen-bond donors (Lipinski definition) is 4. The molecule has 3 amide bonds. The van der Waals surface area contributed by atoms with Crippen molar-refractivity contribution in [3.8, 4) is 5.75 Å². The lowest BCUT2D eigenvalue weighted by Gasteiger charge is -2.35. The maximum atomic E-state index is 13.9. The molecule has 0 saturated heterocycles. The highest BCUT2D eigenvalue weighted by molar-refractivity contribution is 6.06. The van der Waals surface area contributed by atoms with Crippen molar-refractivity contribution in [1.29, 1.82) is 0 Å². The van der Waals surface area contributed by atoms with Gasteiger partial charge in [0.1, 0.15) is 5.70 Å². The molecule has 5 N–H and O–H groups in total. The SMILES string of the molecule is CC[C@@H](NC1=C(Nc2cccc(C(=O)N(C)C)c2O)C(=O)N(C2CCCCC2)[NH2+]C1=O)c1ccccc1. The van der Waals surface area contributed by atoms with Gasteiger partial charge >= 0.3 is 11.8 Å². The minimum absolute atomic E-state index is 0.0464. The highest BCUT2D eigenvalue weighted by Crippen LogP contribution is 2.31. The molecule has 0 unspecified atom stereocenters. The average Bonchev–Trinajstić information content (AvgIpc) is 2.91. The molecule has 9 heteroatoms. The van der Waals surface area contributed by atoms with E-state index in [4.69, 9.17) is 0 Å². The number of benzene rings is 2. The Kier molecular flexibility index (Phi) is 8.13. The monoisotopic (exact) mass is 506 g/mol. The number of carbonyl (C=O) groups is 3. The van der Waals surface area contributed by atoms with Crippen molar-refractivity contribution < 1.29 is 24.9 Å². The largest absolute Gasteiger partial charge is 0.505 e. The Bertz CT molecular complexity index is 1190. The number of phenols is 1. The van der Waals surface area contributed by atoms with E-state index in [0.717, 1.165) is 37.7 Å². The van der Waals surface area contributed by atoms with Gasteiger partial charge in [-0.3, -0.25) is 9.59 Å². The van der Waals surface area contributed by atoms with Crippen molar-refractivity contribution in [3.63, 3.8) is 0 Å². The Balaban J connectivity index is 1.75. The molecule has 0 radical (unpaired) electrons. The van der Waals surface area contributed by atoms with Crippen molar-refractivity contribution >= 4 is 23.4 Å². The second kappa shape index (κ2) is 11.5. The lowest BCUT2D eigenvalue weighted by Crippen LogP contribution is -3.01. The summed E-state index contributed by atoms with van der Waals surface area (Å²) in [6, 6.07) is 14.2. The molecule has 2 aromatic rings. The van der Waals surface area contributed by atoms with E-state index in [9.17, 15) is 19.5 Å². The third-order valence-electron chi connectivity index (χ3n) is 7.03. The van der Waals surface area contributed by atoms with E-state index in [0.29, 0.717) is 6.42 Å². The molecule has 1 atom stereocenters. The van der Waals surface area contributed by atoms with Crippen molar-refractivity contribution in [2.75, 3.05) is 19.4 Å². The number of nitrogens with one attached hydrogen (secondary N) is 2. The van der Waals surface area contributed by atoms with E-state index < -0.39 is 0 Å². The van der Waals surface area contributed by atoms with Crippen LogP contribution in [-0.4, -0.2) is 52.9 Å². The molecule has 0 aromatic heterocycles. The van der Waals surface area contributed by atoms with Gasteiger partial charge in [0.2, 0.25) is 0 Å². The number of anilines is 1. The van der Waals surface area contributed by atoms with Crippen molar-refractivity contribution in [2.24, 2.45) is 0 Å². The van der Waals surface area contributed by atoms with Crippen LogP contribution in [0.15, 0.2) is 59.9 Å². The second-order valence-electron chi connectivity index (χ2n) is 9.79. The van der Waals surface area contributed by atoms with Crippen LogP contribution in [0.1, 0.15) is 67.4 Å². The smallest absolute Gasteiger partial charge is 0.385 e. The van der Waals surface area contributed by atoms with Crippen LogP contribution in [0.4, 0.5) is 5.69 Å². The van der Waals surface area contributed by atoms with Crippen molar-refractivity contribution in [1.82, 2.24) is 15.2 Å². The summed E-state index contributed by atoms with van der Waals surface area (Å²) >= 11 is 0. The van der Waals surface area contributed by atoms with E-state index >= 15 is 0 Å². The van der Waals surface area contributed by atoms with Gasteiger partial charge in [-0.05, 0) is 37.0 Å². The Morgan fingerprint density at radius 3 is 2.41 bits per heavy atom. The maximum absolute atomic E-state index is 13.9. The predicted molar refractivity (Wildman–Crippen MR) is 140 cm³/mol. The van der Waals surface area contributed by atoms with Gasteiger partial charge in [-0.25, -0.2) is 4.79 Å². The molecule has 1 aliphatic heterocycles. The summed E-state index contributed by atoms with van der Waals surface area (Å²) in [5, 5.41) is 18.8. The molecule has 4 rings (SSSR count). The normalized spacial score (nSPS) is 17.5. The molecule has 196 valence electrons. The minimum Gasteiger partial charge on any atom is -0.505 e. The van der Waals surface area contributed by atoms with Crippen molar-refractivity contribution in [2.45, 2.75) is 57.5 Å². The molecule has 2 aromatic carbocycles. The topological polar surface area (TPSA) is 119 Å². The maximum Gasteiger partial charge on any atom is 0.385 e. The van der Waals surface area contributed by atoms with E-state index in [1.807, 2.05) is 37.3 Å². The summed E-state index contributed by atoms with van der Waals surface area (Å²) in [4.78, 5) is 41.3. The standard InChI is InChI=1S/C28H35N5O4/c1-4-21(18-12-7-5-8-13-18)29-23-24(28(37)33(31-26(23)35)19-14-9-6-10-15-19)30-22-17-11-16-20(25(22)34)27(36)32(2)3/h5,7-8,11-13,16-17,19,21,29-30,34H,4,6,9-10,14-15H2,1-3H3,(H,31,35)/p+1/t21-/m1/s1. The average molecular weight is 507 g/mol. The Hall–Kier alpha value is -3.85. The summed E-state index contributed by atoms with van der Waals surface area (Å²) in [5.74, 6) is -1.28. The van der Waals surface area contributed by atoms with E-state index in [1.165, 1.54) is 16.4 Å². The third kappa shape index (κ3) is 5.61. The molecule has 9 nitrogen and oxygen atoms in total. The quantitative estimate of drug-likeness (QED) is 0.248. The van der Waals surface area contributed by atoms with Gasteiger partial charge in [0, 0.05) is 14.1 Å². The molecular weight excluding hydrogens is 470 g/mol. The second-order valence-corrected chi connectivity index (χ2v) is 9.79. The van der Waals surface area contributed by atoms with Crippen LogP contribution in [0.2, 0.25) is 0 Å². The van der Waals surface area contributed by atoms with Crippen LogP contribution in [0.3, 0.4) is 0 Å². The first-order chi connectivity index (χ1) is 17.8. The number of phenolic OH excluding ortho intramolecular Hbond substituents is 1. The van der Waals surface area contributed by atoms with Crippen LogP contribution in [0, 0.1) is 0 Å². The number of aromatic hydroxyl groups is 1. The molecule has 0 spiro atoms. The van der Waals surface area contributed by atoms with Crippen LogP contribution < -0.4 is 16.1 Å². The zero-order valence-electron chi connectivity index (χ0n) is 21.7. The summed E-state index contributed by atoms with van der Waals surface area (Å²) in [6.45, 7) is 2.01. The number of hydrogen-bond acceptors (Lipinski definition) is 6. The fourth-order valence-corrected chi connectivity index (χ4v) is 4.97. The van der Waals surface area contributed by atoms with Gasteiger partial charge in [-0.1, -0.05) is 62.6 Å².